The van der Waals surface area contributed by atoms with Gasteiger partial charge in [-0.05, 0) is 43.9 Å². The predicted octanol–water partition coefficient (Wildman–Crippen LogP) is 5.01. The van der Waals surface area contributed by atoms with Gasteiger partial charge in [0.25, 0.3) is 0 Å². The van der Waals surface area contributed by atoms with Crippen LogP contribution in [0.4, 0.5) is 0 Å². The molecule has 3 unspecified atom stereocenters. The number of hydrogen-bond acceptors (Lipinski definition) is 1. The van der Waals surface area contributed by atoms with Gasteiger partial charge in [0.2, 0.25) is 0 Å². The molecule has 1 N–H and O–H groups in total. The van der Waals surface area contributed by atoms with Crippen LogP contribution in [-0.4, -0.2) is 12.1 Å². The molecule has 1 heteroatoms. The molecule has 0 heterocycles. The largest absolute Gasteiger partial charge is 0.311 e. The summed E-state index contributed by atoms with van der Waals surface area (Å²) in [5.41, 5.74) is 0. The first-order valence-corrected chi connectivity index (χ1v) is 8.26. The van der Waals surface area contributed by atoms with Crippen LogP contribution in [0.5, 0.6) is 0 Å². The van der Waals surface area contributed by atoms with E-state index in [-0.39, 0.29) is 0 Å². The molecule has 0 spiro atoms. The third-order valence-electron chi connectivity index (χ3n) is 4.59. The predicted molar refractivity (Wildman–Crippen MR) is 81.9 cm³/mol. The molecular weight excluding hydrogens is 218 g/mol. The fraction of sp³-hybridized carbons (Fsp3) is 1.00. The van der Waals surface area contributed by atoms with Gasteiger partial charge in [-0.2, -0.15) is 0 Å². The Kier molecular flexibility index (Phi) is 7.29. The SMILES string of the molecule is CC(C)CCCC(C)NC1CCCCC1C(C)C. The van der Waals surface area contributed by atoms with Crippen molar-refractivity contribution < 1.29 is 0 Å². The van der Waals surface area contributed by atoms with Crippen LogP contribution in [0.1, 0.15) is 79.6 Å². The maximum absolute atomic E-state index is 3.92. The number of nitrogens with one attached hydrogen (secondary N) is 1. The molecule has 0 saturated heterocycles. The molecule has 0 aromatic carbocycles. The molecular formula is C17H35N. The second-order valence-corrected chi connectivity index (χ2v) is 7.19. The Morgan fingerprint density at radius 1 is 0.944 bits per heavy atom. The average molecular weight is 253 g/mol. The monoisotopic (exact) mass is 253 g/mol. The van der Waals surface area contributed by atoms with Gasteiger partial charge in [0, 0.05) is 12.1 Å². The van der Waals surface area contributed by atoms with Crippen LogP contribution in [0.15, 0.2) is 0 Å². The highest BCUT2D eigenvalue weighted by molar-refractivity contribution is 4.84. The van der Waals surface area contributed by atoms with Gasteiger partial charge in [-0.3, -0.25) is 0 Å². The molecule has 1 aliphatic rings. The van der Waals surface area contributed by atoms with Crippen molar-refractivity contribution in [3.8, 4) is 0 Å². The zero-order chi connectivity index (χ0) is 13.5. The normalized spacial score (nSPS) is 26.8. The zero-order valence-corrected chi connectivity index (χ0v) is 13.3. The molecule has 1 nitrogen and oxygen atoms in total. The van der Waals surface area contributed by atoms with Gasteiger partial charge in [0.15, 0.2) is 0 Å². The van der Waals surface area contributed by atoms with Crippen molar-refractivity contribution in [2.24, 2.45) is 17.8 Å². The Bertz CT molecular complexity index is 210. The van der Waals surface area contributed by atoms with Gasteiger partial charge in [0.05, 0.1) is 0 Å². The maximum Gasteiger partial charge on any atom is 0.0100 e. The molecule has 0 bridgehead atoms. The van der Waals surface area contributed by atoms with Crippen LogP contribution in [0.25, 0.3) is 0 Å². The van der Waals surface area contributed by atoms with Crippen LogP contribution in [0.3, 0.4) is 0 Å². The van der Waals surface area contributed by atoms with E-state index in [4.69, 9.17) is 0 Å². The second kappa shape index (κ2) is 8.19. The highest BCUT2D eigenvalue weighted by Crippen LogP contribution is 2.30. The quantitative estimate of drug-likeness (QED) is 0.673. The van der Waals surface area contributed by atoms with E-state index < -0.39 is 0 Å². The van der Waals surface area contributed by atoms with E-state index in [2.05, 4.69) is 39.9 Å². The molecule has 1 saturated carbocycles. The lowest BCUT2D eigenvalue weighted by atomic mass is 9.77. The maximum atomic E-state index is 3.92. The Hall–Kier alpha value is -0.0400. The smallest absolute Gasteiger partial charge is 0.0100 e. The summed E-state index contributed by atoms with van der Waals surface area (Å²) in [7, 11) is 0. The molecule has 0 aromatic heterocycles. The lowest BCUT2D eigenvalue weighted by Crippen LogP contribution is -2.45. The topological polar surface area (TPSA) is 12.0 Å². The van der Waals surface area contributed by atoms with E-state index in [0.717, 1.165) is 23.8 Å². The van der Waals surface area contributed by atoms with Crippen molar-refractivity contribution in [3.63, 3.8) is 0 Å². The molecule has 18 heavy (non-hydrogen) atoms. The van der Waals surface area contributed by atoms with Crippen LogP contribution < -0.4 is 5.32 Å². The molecule has 0 amide bonds. The van der Waals surface area contributed by atoms with E-state index in [9.17, 15) is 0 Å². The van der Waals surface area contributed by atoms with E-state index in [1.807, 2.05) is 0 Å². The zero-order valence-electron chi connectivity index (χ0n) is 13.3. The van der Waals surface area contributed by atoms with Gasteiger partial charge in [0.1, 0.15) is 0 Å². The Morgan fingerprint density at radius 2 is 1.61 bits per heavy atom. The minimum Gasteiger partial charge on any atom is -0.311 e. The lowest BCUT2D eigenvalue weighted by Gasteiger charge is -2.37. The molecule has 108 valence electrons. The fourth-order valence-corrected chi connectivity index (χ4v) is 3.45. The minimum absolute atomic E-state index is 0.702. The summed E-state index contributed by atoms with van der Waals surface area (Å²) >= 11 is 0. The van der Waals surface area contributed by atoms with E-state index in [1.165, 1.54) is 44.9 Å². The molecule has 1 fully saturated rings. The summed E-state index contributed by atoms with van der Waals surface area (Å²) in [5, 5.41) is 3.92. The number of rotatable bonds is 7. The van der Waals surface area contributed by atoms with Crippen LogP contribution in [0.2, 0.25) is 0 Å². The second-order valence-electron chi connectivity index (χ2n) is 7.19. The Labute approximate surface area is 115 Å². The lowest BCUT2D eigenvalue weighted by molar-refractivity contribution is 0.191. The minimum atomic E-state index is 0.702. The van der Waals surface area contributed by atoms with Crippen molar-refractivity contribution in [1.82, 2.24) is 5.32 Å². The molecule has 1 rings (SSSR count). The first kappa shape index (κ1) is 16.0. The van der Waals surface area contributed by atoms with Crippen molar-refractivity contribution in [2.45, 2.75) is 91.6 Å². The molecule has 1 aliphatic carbocycles. The third-order valence-corrected chi connectivity index (χ3v) is 4.59. The van der Waals surface area contributed by atoms with Crippen molar-refractivity contribution in [1.29, 1.82) is 0 Å². The number of hydrogen-bond donors (Lipinski definition) is 1. The van der Waals surface area contributed by atoms with Crippen LogP contribution in [0, 0.1) is 17.8 Å². The first-order chi connectivity index (χ1) is 8.50. The van der Waals surface area contributed by atoms with Crippen LogP contribution >= 0.6 is 0 Å². The summed E-state index contributed by atoms with van der Waals surface area (Å²) in [6, 6.07) is 1.49. The summed E-state index contributed by atoms with van der Waals surface area (Å²) in [6.45, 7) is 11.8. The van der Waals surface area contributed by atoms with Crippen LogP contribution in [-0.2, 0) is 0 Å². The van der Waals surface area contributed by atoms with E-state index in [1.54, 1.807) is 0 Å². The molecule has 3 atom stereocenters. The summed E-state index contributed by atoms with van der Waals surface area (Å²) < 4.78 is 0. The van der Waals surface area contributed by atoms with Gasteiger partial charge < -0.3 is 5.32 Å². The fourth-order valence-electron chi connectivity index (χ4n) is 3.45. The molecule has 0 aliphatic heterocycles. The average Bonchev–Trinajstić information content (AvgIpc) is 2.28. The van der Waals surface area contributed by atoms with E-state index in [0.29, 0.717) is 6.04 Å². The Balaban J connectivity index is 2.29. The third kappa shape index (κ3) is 5.73. The first-order valence-electron chi connectivity index (χ1n) is 8.26. The summed E-state index contributed by atoms with van der Waals surface area (Å²) in [5.74, 6) is 2.60. The van der Waals surface area contributed by atoms with Crippen molar-refractivity contribution in [2.75, 3.05) is 0 Å². The summed E-state index contributed by atoms with van der Waals surface area (Å²) in [6.07, 6.45) is 9.82. The van der Waals surface area contributed by atoms with Gasteiger partial charge in [-0.15, -0.1) is 0 Å². The Morgan fingerprint density at radius 3 is 2.22 bits per heavy atom. The van der Waals surface area contributed by atoms with Crippen molar-refractivity contribution in [3.05, 3.63) is 0 Å². The van der Waals surface area contributed by atoms with E-state index >= 15 is 0 Å². The highest BCUT2D eigenvalue weighted by Gasteiger charge is 2.27. The molecule has 0 aromatic rings. The van der Waals surface area contributed by atoms with Gasteiger partial charge in [-0.1, -0.05) is 53.4 Å². The summed E-state index contributed by atoms with van der Waals surface area (Å²) in [4.78, 5) is 0. The van der Waals surface area contributed by atoms with Gasteiger partial charge >= 0.3 is 0 Å². The van der Waals surface area contributed by atoms with Crippen molar-refractivity contribution >= 4 is 0 Å². The molecule has 0 radical (unpaired) electrons. The standard InChI is InChI=1S/C17H35N/c1-13(2)9-8-10-15(5)18-17-12-7-6-11-16(17)14(3)4/h13-18H,6-12H2,1-5H3. The van der Waals surface area contributed by atoms with Gasteiger partial charge in [-0.25, -0.2) is 0 Å². The highest BCUT2D eigenvalue weighted by atomic mass is 15.0.